The first kappa shape index (κ1) is 14.3. The van der Waals surface area contributed by atoms with Crippen molar-refractivity contribution in [3.8, 4) is 5.75 Å². The topological polar surface area (TPSA) is 66.8 Å². The number of carbonyl (C=O) groups is 2. The Morgan fingerprint density at radius 1 is 1.43 bits per heavy atom. The quantitative estimate of drug-likeness (QED) is 0.921. The maximum Gasteiger partial charge on any atom is 0.327 e. The van der Waals surface area contributed by atoms with Gasteiger partial charge in [-0.3, -0.25) is 4.79 Å². The number of rotatable bonds is 3. The number of amides is 1. The third-order valence-electron chi connectivity index (χ3n) is 3.90. The van der Waals surface area contributed by atoms with Gasteiger partial charge in [-0.25, -0.2) is 4.79 Å². The molecule has 1 aromatic rings. The Balaban J connectivity index is 1.80. The van der Waals surface area contributed by atoms with Crippen LogP contribution in [-0.2, 0) is 16.0 Å². The highest BCUT2D eigenvalue weighted by atomic mass is 32.2. The molecule has 0 aromatic heterocycles. The largest absolute Gasteiger partial charge is 0.480 e. The standard InChI is InChI=1S/C15H17NO4S/c1-2-13-16(10(8-21-13)15(18)19)14(17)12-7-9-5-3-4-6-11(9)20-12/h3-6,10,12-13H,2,7-8H2,1H3,(H,18,19). The van der Waals surface area contributed by atoms with Crippen LogP contribution in [0.2, 0.25) is 0 Å². The molecule has 3 atom stereocenters. The molecular weight excluding hydrogens is 290 g/mol. The SMILES string of the molecule is CCC1SCC(C(=O)O)N1C(=O)C1Cc2ccccc2O1. The van der Waals surface area contributed by atoms with Crippen molar-refractivity contribution in [1.29, 1.82) is 0 Å². The van der Waals surface area contributed by atoms with Gasteiger partial charge in [0.25, 0.3) is 5.91 Å². The predicted molar refractivity (Wildman–Crippen MR) is 79.4 cm³/mol. The van der Waals surface area contributed by atoms with Crippen LogP contribution in [0.5, 0.6) is 5.75 Å². The van der Waals surface area contributed by atoms with Gasteiger partial charge in [-0.15, -0.1) is 11.8 Å². The number of para-hydroxylation sites is 1. The summed E-state index contributed by atoms with van der Waals surface area (Å²) >= 11 is 1.53. The number of nitrogens with zero attached hydrogens (tertiary/aromatic N) is 1. The lowest BCUT2D eigenvalue weighted by Crippen LogP contribution is -2.50. The summed E-state index contributed by atoms with van der Waals surface area (Å²) in [6.45, 7) is 1.96. The number of carboxylic acid groups (broad SMARTS) is 1. The summed E-state index contributed by atoms with van der Waals surface area (Å²) in [7, 11) is 0. The van der Waals surface area contributed by atoms with Crippen molar-refractivity contribution < 1.29 is 19.4 Å². The van der Waals surface area contributed by atoms with Gasteiger partial charge in [-0.2, -0.15) is 0 Å². The van der Waals surface area contributed by atoms with E-state index in [0.717, 1.165) is 17.7 Å². The van der Waals surface area contributed by atoms with Crippen LogP contribution in [0.1, 0.15) is 18.9 Å². The molecule has 3 rings (SSSR count). The van der Waals surface area contributed by atoms with E-state index in [-0.39, 0.29) is 11.3 Å². The average Bonchev–Trinajstić information content (AvgIpc) is 3.09. The minimum atomic E-state index is -0.942. The molecule has 1 N–H and O–H groups in total. The van der Waals surface area contributed by atoms with Gasteiger partial charge >= 0.3 is 5.97 Å². The molecule has 2 aliphatic rings. The molecule has 2 aliphatic heterocycles. The Labute approximate surface area is 127 Å². The van der Waals surface area contributed by atoms with Gasteiger partial charge < -0.3 is 14.7 Å². The van der Waals surface area contributed by atoms with Gasteiger partial charge in [0.1, 0.15) is 11.8 Å². The first-order valence-electron chi connectivity index (χ1n) is 7.03. The van der Waals surface area contributed by atoms with Crippen LogP contribution in [0.3, 0.4) is 0 Å². The summed E-state index contributed by atoms with van der Waals surface area (Å²) in [4.78, 5) is 25.6. The van der Waals surface area contributed by atoms with E-state index in [4.69, 9.17) is 4.74 Å². The molecule has 0 bridgehead atoms. The number of ether oxygens (including phenoxy) is 1. The van der Waals surface area contributed by atoms with Crippen LogP contribution in [0.15, 0.2) is 24.3 Å². The maximum atomic E-state index is 12.7. The van der Waals surface area contributed by atoms with Gasteiger partial charge in [-0.1, -0.05) is 25.1 Å². The Morgan fingerprint density at radius 3 is 2.86 bits per heavy atom. The molecule has 1 saturated heterocycles. The molecule has 5 nitrogen and oxygen atoms in total. The van der Waals surface area contributed by atoms with E-state index in [1.807, 2.05) is 31.2 Å². The van der Waals surface area contributed by atoms with Gasteiger partial charge in [-0.05, 0) is 18.1 Å². The molecule has 2 heterocycles. The Morgan fingerprint density at radius 2 is 2.19 bits per heavy atom. The van der Waals surface area contributed by atoms with Gasteiger partial charge in [0.15, 0.2) is 6.10 Å². The molecule has 3 unspecified atom stereocenters. The zero-order chi connectivity index (χ0) is 15.0. The van der Waals surface area contributed by atoms with Crippen molar-refractivity contribution in [3.63, 3.8) is 0 Å². The van der Waals surface area contributed by atoms with Crippen molar-refractivity contribution in [2.75, 3.05) is 5.75 Å². The number of carboxylic acids is 1. The number of carbonyl (C=O) groups excluding carboxylic acids is 1. The first-order chi connectivity index (χ1) is 10.1. The normalized spacial score (nSPS) is 27.3. The van der Waals surface area contributed by atoms with Crippen LogP contribution >= 0.6 is 11.8 Å². The van der Waals surface area contributed by atoms with E-state index in [1.165, 1.54) is 16.7 Å². The molecule has 21 heavy (non-hydrogen) atoms. The van der Waals surface area contributed by atoms with Gasteiger partial charge in [0.05, 0.1) is 5.37 Å². The molecule has 1 amide bonds. The number of fused-ring (bicyclic) bond motifs is 1. The predicted octanol–water partition coefficient (Wildman–Crippen LogP) is 1.75. The monoisotopic (exact) mass is 307 g/mol. The van der Waals surface area contributed by atoms with E-state index >= 15 is 0 Å². The molecule has 1 fully saturated rings. The van der Waals surface area contributed by atoms with E-state index in [2.05, 4.69) is 0 Å². The fourth-order valence-corrected chi connectivity index (χ4v) is 4.20. The second kappa shape index (κ2) is 5.60. The Kier molecular flexibility index (Phi) is 3.80. The molecule has 0 radical (unpaired) electrons. The minimum Gasteiger partial charge on any atom is -0.480 e. The van der Waals surface area contributed by atoms with E-state index in [1.54, 1.807) is 0 Å². The summed E-state index contributed by atoms with van der Waals surface area (Å²) in [5, 5.41) is 9.24. The zero-order valence-corrected chi connectivity index (χ0v) is 12.5. The van der Waals surface area contributed by atoms with Crippen molar-refractivity contribution in [2.24, 2.45) is 0 Å². The Hall–Kier alpha value is -1.69. The number of hydrogen-bond donors (Lipinski definition) is 1. The van der Waals surface area contributed by atoms with Crippen LogP contribution < -0.4 is 4.74 Å². The Bertz CT molecular complexity index is 552. The lowest BCUT2D eigenvalue weighted by atomic mass is 10.1. The summed E-state index contributed by atoms with van der Waals surface area (Å²) < 4.78 is 5.71. The smallest absolute Gasteiger partial charge is 0.327 e. The van der Waals surface area contributed by atoms with Crippen LogP contribution in [-0.4, -0.2) is 45.2 Å². The second-order valence-corrected chi connectivity index (χ2v) is 6.42. The fourth-order valence-electron chi connectivity index (χ4n) is 2.85. The highest BCUT2D eigenvalue weighted by Gasteiger charge is 2.44. The third-order valence-corrected chi connectivity index (χ3v) is 5.36. The van der Waals surface area contributed by atoms with Crippen molar-refractivity contribution in [2.45, 2.75) is 37.3 Å². The van der Waals surface area contributed by atoms with Crippen molar-refractivity contribution in [3.05, 3.63) is 29.8 Å². The van der Waals surface area contributed by atoms with Crippen molar-refractivity contribution in [1.82, 2.24) is 4.90 Å². The molecule has 0 aliphatic carbocycles. The summed E-state index contributed by atoms with van der Waals surface area (Å²) in [6.07, 6.45) is 0.649. The van der Waals surface area contributed by atoms with Crippen LogP contribution in [0, 0.1) is 0 Å². The lowest BCUT2D eigenvalue weighted by molar-refractivity contribution is -0.152. The number of thioether (sulfide) groups is 1. The molecule has 6 heteroatoms. The highest BCUT2D eigenvalue weighted by molar-refractivity contribution is 8.00. The molecule has 112 valence electrons. The maximum absolute atomic E-state index is 12.7. The summed E-state index contributed by atoms with van der Waals surface area (Å²) in [5.41, 5.74) is 1.00. The van der Waals surface area contributed by atoms with Gasteiger partial charge in [0, 0.05) is 12.2 Å². The second-order valence-electron chi connectivity index (χ2n) is 5.21. The van der Waals surface area contributed by atoms with Gasteiger partial charge in [0.2, 0.25) is 0 Å². The zero-order valence-electron chi connectivity index (χ0n) is 11.7. The molecule has 1 aromatic carbocycles. The number of hydrogen-bond acceptors (Lipinski definition) is 4. The third kappa shape index (κ3) is 2.48. The van der Waals surface area contributed by atoms with Crippen LogP contribution in [0.25, 0.3) is 0 Å². The van der Waals surface area contributed by atoms with E-state index in [9.17, 15) is 14.7 Å². The minimum absolute atomic E-state index is 0.0779. The molecule has 0 saturated carbocycles. The lowest BCUT2D eigenvalue weighted by Gasteiger charge is -2.28. The molecular formula is C15H17NO4S. The molecule has 0 spiro atoms. The van der Waals surface area contributed by atoms with Crippen LogP contribution in [0.4, 0.5) is 0 Å². The fraction of sp³-hybridized carbons (Fsp3) is 0.467. The first-order valence-corrected chi connectivity index (χ1v) is 8.07. The highest BCUT2D eigenvalue weighted by Crippen LogP contribution is 2.35. The van der Waals surface area contributed by atoms with Crippen molar-refractivity contribution >= 4 is 23.6 Å². The summed E-state index contributed by atoms with van der Waals surface area (Å²) in [5.74, 6) is 0.0135. The number of benzene rings is 1. The van der Waals surface area contributed by atoms with E-state index < -0.39 is 18.1 Å². The number of aliphatic carboxylic acids is 1. The average molecular weight is 307 g/mol. The summed E-state index contributed by atoms with van der Waals surface area (Å²) in [6, 6.07) is 6.81. The van der Waals surface area contributed by atoms with E-state index in [0.29, 0.717) is 12.2 Å².